The number of rotatable bonds is 3. The zero-order chi connectivity index (χ0) is 16.5. The lowest BCUT2D eigenvalue weighted by Crippen LogP contribution is -2.20. The van der Waals surface area contributed by atoms with Gasteiger partial charge in [-0.05, 0) is 44.8 Å². The Labute approximate surface area is 139 Å². The van der Waals surface area contributed by atoms with Crippen LogP contribution in [-0.2, 0) is 0 Å². The van der Waals surface area contributed by atoms with E-state index in [1.54, 1.807) is 12.1 Å². The van der Waals surface area contributed by atoms with Crippen molar-refractivity contribution in [3.63, 3.8) is 0 Å². The first-order valence-corrected chi connectivity index (χ1v) is 7.76. The normalized spacial score (nSPS) is 10.9. The molecule has 4 aromatic rings. The topological polar surface area (TPSA) is 49.7 Å². The van der Waals surface area contributed by atoms with E-state index in [4.69, 9.17) is 14.7 Å². The van der Waals surface area contributed by atoms with Gasteiger partial charge in [-0.3, -0.25) is 0 Å². The van der Waals surface area contributed by atoms with Crippen LogP contribution in [-0.4, -0.2) is 17.4 Å². The second kappa shape index (κ2) is 6.00. The monoisotopic (exact) mass is 314 g/mol. The molecule has 0 spiro atoms. The zero-order valence-corrected chi connectivity index (χ0v) is 12.9. The fourth-order valence-corrected chi connectivity index (χ4v) is 3.13. The lowest BCUT2D eigenvalue weighted by molar-refractivity contribution is 0.288. The van der Waals surface area contributed by atoms with E-state index in [1.165, 1.54) is 21.5 Å². The Morgan fingerprint density at radius 1 is 0.667 bits per heavy atom. The average Bonchev–Trinajstić information content (AvgIpc) is 2.61. The van der Waals surface area contributed by atoms with Gasteiger partial charge in [0.15, 0.2) is 0 Å². The fraction of sp³-hybridized carbons (Fsp3) is 0. The molecule has 4 aromatic carbocycles. The third-order valence-corrected chi connectivity index (χ3v) is 4.18. The maximum absolute atomic E-state index is 8.89. The van der Waals surface area contributed by atoms with Gasteiger partial charge in [0.25, 0.3) is 0 Å². The molecule has 0 saturated heterocycles. The summed E-state index contributed by atoms with van der Waals surface area (Å²) in [4.78, 5) is 0. The van der Waals surface area contributed by atoms with Gasteiger partial charge in [0.1, 0.15) is 5.75 Å². The first-order chi connectivity index (χ1) is 11.7. The molecule has 3 nitrogen and oxygen atoms in total. The van der Waals surface area contributed by atoms with Gasteiger partial charge in [0, 0.05) is 0 Å². The second-order valence-electron chi connectivity index (χ2n) is 5.66. The van der Waals surface area contributed by atoms with Crippen LogP contribution in [0.4, 0.5) is 0 Å². The van der Waals surface area contributed by atoms with Crippen LogP contribution in [0.1, 0.15) is 0 Å². The molecule has 0 radical (unpaired) electrons. The fourth-order valence-electron chi connectivity index (χ4n) is 3.13. The van der Waals surface area contributed by atoms with Gasteiger partial charge in [0.2, 0.25) is 0 Å². The quantitative estimate of drug-likeness (QED) is 0.444. The van der Waals surface area contributed by atoms with E-state index >= 15 is 0 Å². The summed E-state index contributed by atoms with van der Waals surface area (Å²) in [5.74, 6) is 0.416. The molecular formula is C20H15BO3. The van der Waals surface area contributed by atoms with Crippen LogP contribution in [0.25, 0.3) is 32.7 Å². The van der Waals surface area contributed by atoms with E-state index in [0.29, 0.717) is 5.75 Å². The van der Waals surface area contributed by atoms with Gasteiger partial charge in [-0.15, -0.1) is 0 Å². The largest absolute Gasteiger partial charge is 0.707 e. The number of fused-ring (bicyclic) bond motifs is 3. The minimum Gasteiger partial charge on any atom is -0.512 e. The van der Waals surface area contributed by atoms with Crippen molar-refractivity contribution < 1.29 is 14.7 Å². The lowest BCUT2D eigenvalue weighted by atomic mass is 9.94. The molecule has 0 fully saturated rings. The molecule has 4 heteroatoms. The van der Waals surface area contributed by atoms with E-state index in [-0.39, 0.29) is 0 Å². The Hall–Kier alpha value is -2.82. The highest BCUT2D eigenvalue weighted by Gasteiger charge is 2.12. The van der Waals surface area contributed by atoms with Crippen molar-refractivity contribution in [2.75, 3.05) is 0 Å². The van der Waals surface area contributed by atoms with Crippen LogP contribution < -0.4 is 4.65 Å². The first kappa shape index (κ1) is 14.8. The lowest BCUT2D eigenvalue weighted by Gasteiger charge is -2.11. The molecule has 2 N–H and O–H groups in total. The molecule has 0 bridgehead atoms. The van der Waals surface area contributed by atoms with E-state index in [1.807, 2.05) is 24.3 Å². The molecular weight excluding hydrogens is 299 g/mol. The van der Waals surface area contributed by atoms with Crippen LogP contribution in [0, 0.1) is 0 Å². The maximum Gasteiger partial charge on any atom is 0.707 e. The first-order valence-electron chi connectivity index (χ1n) is 7.76. The Balaban J connectivity index is 1.91. The molecule has 0 aliphatic heterocycles. The molecule has 0 aromatic heterocycles. The van der Waals surface area contributed by atoms with Crippen LogP contribution in [0.5, 0.6) is 5.75 Å². The predicted octanol–water partition coefficient (Wildman–Crippen LogP) is 4.01. The van der Waals surface area contributed by atoms with Crippen molar-refractivity contribution in [3.8, 4) is 16.9 Å². The zero-order valence-electron chi connectivity index (χ0n) is 12.9. The van der Waals surface area contributed by atoms with Gasteiger partial charge in [-0.25, -0.2) is 0 Å². The third-order valence-electron chi connectivity index (χ3n) is 4.18. The molecule has 116 valence electrons. The summed E-state index contributed by atoms with van der Waals surface area (Å²) >= 11 is 0. The van der Waals surface area contributed by atoms with Gasteiger partial charge >= 0.3 is 7.32 Å². The molecule has 0 aliphatic carbocycles. The van der Waals surface area contributed by atoms with Crippen LogP contribution in [0.2, 0.25) is 0 Å². The minimum atomic E-state index is -1.81. The van der Waals surface area contributed by atoms with Crippen molar-refractivity contribution in [1.82, 2.24) is 0 Å². The molecule has 0 saturated carbocycles. The van der Waals surface area contributed by atoms with E-state index in [2.05, 4.69) is 42.5 Å². The molecule has 4 rings (SSSR count). The van der Waals surface area contributed by atoms with Crippen LogP contribution in [0.15, 0.2) is 78.9 Å². The standard InChI is InChI=1S/C20H15BO3/c22-21(23)24-17-12-10-15(11-13-17)19-7-3-5-16-9-8-14-4-1-2-6-18(14)20(16)19/h1-13,22-23H. The van der Waals surface area contributed by atoms with Crippen molar-refractivity contribution >= 4 is 28.9 Å². The summed E-state index contributed by atoms with van der Waals surface area (Å²) in [7, 11) is -1.81. The molecule has 0 amide bonds. The van der Waals surface area contributed by atoms with Crippen LogP contribution >= 0.6 is 0 Å². The smallest absolute Gasteiger partial charge is 0.512 e. The van der Waals surface area contributed by atoms with E-state index in [9.17, 15) is 0 Å². The SMILES string of the molecule is OB(O)Oc1ccc(-c2cccc3ccc4ccccc4c23)cc1. The van der Waals surface area contributed by atoms with E-state index < -0.39 is 7.32 Å². The molecule has 0 heterocycles. The second-order valence-corrected chi connectivity index (χ2v) is 5.66. The summed E-state index contributed by atoms with van der Waals surface area (Å²) in [5, 5.41) is 22.6. The van der Waals surface area contributed by atoms with Gasteiger partial charge in [-0.1, -0.05) is 66.7 Å². The number of benzene rings is 4. The summed E-state index contributed by atoms with van der Waals surface area (Å²) in [6, 6.07) is 26.2. The number of hydrogen-bond acceptors (Lipinski definition) is 3. The molecule has 24 heavy (non-hydrogen) atoms. The third kappa shape index (κ3) is 2.62. The van der Waals surface area contributed by atoms with Crippen molar-refractivity contribution in [2.24, 2.45) is 0 Å². The Morgan fingerprint density at radius 2 is 1.38 bits per heavy atom. The van der Waals surface area contributed by atoms with Gasteiger partial charge < -0.3 is 14.7 Å². The van der Waals surface area contributed by atoms with Gasteiger partial charge in [-0.2, -0.15) is 0 Å². The highest BCUT2D eigenvalue weighted by Crippen LogP contribution is 2.34. The van der Waals surface area contributed by atoms with Crippen molar-refractivity contribution in [2.45, 2.75) is 0 Å². The molecule has 0 unspecified atom stereocenters. The highest BCUT2D eigenvalue weighted by atomic mass is 16.6. The average molecular weight is 314 g/mol. The molecule has 0 atom stereocenters. The number of hydrogen-bond donors (Lipinski definition) is 2. The summed E-state index contributed by atoms with van der Waals surface area (Å²) in [5.41, 5.74) is 2.19. The van der Waals surface area contributed by atoms with Gasteiger partial charge in [0.05, 0.1) is 0 Å². The Morgan fingerprint density at radius 3 is 2.17 bits per heavy atom. The van der Waals surface area contributed by atoms with Crippen molar-refractivity contribution in [3.05, 3.63) is 78.9 Å². The maximum atomic E-state index is 8.89. The summed E-state index contributed by atoms with van der Waals surface area (Å²) in [6.07, 6.45) is 0. The van der Waals surface area contributed by atoms with E-state index in [0.717, 1.165) is 11.1 Å². The van der Waals surface area contributed by atoms with Crippen molar-refractivity contribution in [1.29, 1.82) is 0 Å². The Bertz CT molecular complexity index is 1010. The summed E-state index contributed by atoms with van der Waals surface area (Å²) < 4.78 is 4.87. The predicted molar refractivity (Wildman–Crippen MR) is 97.7 cm³/mol. The minimum absolute atomic E-state index is 0.416. The molecule has 0 aliphatic rings. The van der Waals surface area contributed by atoms with Crippen LogP contribution in [0.3, 0.4) is 0 Å². The highest BCUT2D eigenvalue weighted by molar-refractivity contribution is 6.33. The Kier molecular flexibility index (Phi) is 3.69. The summed E-state index contributed by atoms with van der Waals surface area (Å²) in [6.45, 7) is 0.